The number of hydrogen-bond acceptors (Lipinski definition) is 0. The van der Waals surface area contributed by atoms with Gasteiger partial charge in [-0.3, -0.25) is 0 Å². The Morgan fingerprint density at radius 2 is 2.31 bits per heavy atom. The first-order chi connectivity index (χ1) is 7.77. The highest BCUT2D eigenvalue weighted by molar-refractivity contribution is 6.35. The molecule has 0 saturated carbocycles. The van der Waals surface area contributed by atoms with Crippen LogP contribution in [0.25, 0.3) is 10.9 Å². The minimum atomic E-state index is 0.584. The van der Waals surface area contributed by atoms with Crippen molar-refractivity contribution in [3.05, 3.63) is 34.5 Å². The second-order valence-corrected chi connectivity index (χ2v) is 5.05. The number of hydrogen-bond donors (Lipinski definition) is 2. The lowest BCUT2D eigenvalue weighted by molar-refractivity contribution is -0.655. The molecule has 0 amide bonds. The van der Waals surface area contributed by atoms with E-state index in [1.54, 1.807) is 0 Å². The largest absolute Gasteiger partial charge is 0.358 e. The van der Waals surface area contributed by atoms with Gasteiger partial charge >= 0.3 is 0 Å². The number of fused-ring (bicyclic) bond motifs is 3. The van der Waals surface area contributed by atoms with E-state index < -0.39 is 0 Å². The summed E-state index contributed by atoms with van der Waals surface area (Å²) in [7, 11) is 0. The standard InChI is InChI=1S/C13H15ClN2/c1-8-7-15-6-5-9-12-10(14)3-2-4-11(12)16-13(8)9/h2-4,8,15-16H,5-7H2,1H3/p+1. The van der Waals surface area contributed by atoms with Gasteiger partial charge in [-0.2, -0.15) is 0 Å². The minimum Gasteiger partial charge on any atom is -0.358 e. The predicted molar refractivity (Wildman–Crippen MR) is 67.1 cm³/mol. The smallest absolute Gasteiger partial charge is 0.0836 e. The number of aromatic nitrogens is 1. The molecule has 1 aliphatic rings. The van der Waals surface area contributed by atoms with Crippen molar-refractivity contribution in [2.24, 2.45) is 0 Å². The van der Waals surface area contributed by atoms with Crippen LogP contribution in [0.1, 0.15) is 24.1 Å². The number of quaternary nitrogens is 1. The molecular weight excluding hydrogens is 220 g/mol. The molecule has 0 saturated heterocycles. The third-order valence-electron chi connectivity index (χ3n) is 3.52. The van der Waals surface area contributed by atoms with Crippen LogP contribution in [0.5, 0.6) is 0 Å². The van der Waals surface area contributed by atoms with Gasteiger partial charge in [-0.25, -0.2) is 0 Å². The molecule has 3 heteroatoms. The van der Waals surface area contributed by atoms with Crippen molar-refractivity contribution in [1.29, 1.82) is 0 Å². The Bertz CT molecular complexity index is 530. The minimum absolute atomic E-state index is 0.584. The lowest BCUT2D eigenvalue weighted by Gasteiger charge is -2.04. The average Bonchev–Trinajstić information content (AvgIpc) is 2.56. The normalized spacial score (nSPS) is 20.8. The summed E-state index contributed by atoms with van der Waals surface area (Å²) >= 11 is 6.31. The second kappa shape index (κ2) is 3.79. The quantitative estimate of drug-likeness (QED) is 0.701. The molecule has 0 aliphatic carbocycles. The Morgan fingerprint density at radius 3 is 3.19 bits per heavy atom. The molecule has 1 unspecified atom stereocenters. The van der Waals surface area contributed by atoms with Gasteiger partial charge < -0.3 is 10.3 Å². The van der Waals surface area contributed by atoms with Gasteiger partial charge in [0, 0.05) is 28.9 Å². The van der Waals surface area contributed by atoms with Crippen LogP contribution in [-0.4, -0.2) is 18.1 Å². The van der Waals surface area contributed by atoms with Gasteiger partial charge in [0.15, 0.2) is 0 Å². The zero-order chi connectivity index (χ0) is 11.1. The topological polar surface area (TPSA) is 32.4 Å². The first kappa shape index (κ1) is 10.2. The second-order valence-electron chi connectivity index (χ2n) is 4.64. The maximum absolute atomic E-state index is 6.31. The number of H-pyrrole nitrogens is 1. The summed E-state index contributed by atoms with van der Waals surface area (Å²) < 4.78 is 0. The van der Waals surface area contributed by atoms with E-state index >= 15 is 0 Å². The van der Waals surface area contributed by atoms with E-state index in [0.29, 0.717) is 5.92 Å². The first-order valence-corrected chi connectivity index (χ1v) is 6.26. The van der Waals surface area contributed by atoms with Crippen LogP contribution >= 0.6 is 11.6 Å². The highest BCUT2D eigenvalue weighted by Gasteiger charge is 2.22. The highest BCUT2D eigenvalue weighted by atomic mass is 35.5. The third kappa shape index (κ3) is 1.45. The van der Waals surface area contributed by atoms with Crippen LogP contribution in [0.2, 0.25) is 5.02 Å². The molecule has 0 bridgehead atoms. The molecule has 3 N–H and O–H groups in total. The van der Waals surface area contributed by atoms with Crippen molar-refractivity contribution in [3.8, 4) is 0 Å². The molecule has 0 fully saturated rings. The van der Waals surface area contributed by atoms with Gasteiger partial charge in [-0.05, 0) is 17.7 Å². The number of nitrogens with two attached hydrogens (primary N) is 1. The van der Waals surface area contributed by atoms with Crippen LogP contribution in [0.3, 0.4) is 0 Å². The lowest BCUT2D eigenvalue weighted by atomic mass is 10.0. The van der Waals surface area contributed by atoms with E-state index in [0.717, 1.165) is 24.5 Å². The van der Waals surface area contributed by atoms with E-state index in [2.05, 4.69) is 23.3 Å². The monoisotopic (exact) mass is 235 g/mol. The molecule has 1 aliphatic heterocycles. The van der Waals surface area contributed by atoms with Crippen molar-refractivity contribution >= 4 is 22.5 Å². The van der Waals surface area contributed by atoms with Gasteiger partial charge in [0.05, 0.1) is 18.1 Å². The van der Waals surface area contributed by atoms with Gasteiger partial charge in [0.1, 0.15) is 0 Å². The Hall–Kier alpha value is -0.990. The van der Waals surface area contributed by atoms with Crippen LogP contribution < -0.4 is 5.32 Å². The molecule has 2 nitrogen and oxygen atoms in total. The lowest BCUT2D eigenvalue weighted by Crippen LogP contribution is -2.85. The molecule has 0 spiro atoms. The fourth-order valence-electron chi connectivity index (χ4n) is 2.70. The predicted octanol–water partition coefficient (Wildman–Crippen LogP) is 2.04. The van der Waals surface area contributed by atoms with Crippen LogP contribution in [0.15, 0.2) is 18.2 Å². The molecule has 2 heterocycles. The molecule has 2 aromatic rings. The number of halogens is 1. The van der Waals surface area contributed by atoms with Crippen LogP contribution in [0, 0.1) is 0 Å². The summed E-state index contributed by atoms with van der Waals surface area (Å²) in [5, 5.41) is 4.51. The van der Waals surface area contributed by atoms with Gasteiger partial charge in [0.25, 0.3) is 0 Å². The Labute approximate surface area is 100.0 Å². The van der Waals surface area contributed by atoms with E-state index in [-0.39, 0.29) is 0 Å². The number of benzene rings is 1. The molecule has 1 atom stereocenters. The van der Waals surface area contributed by atoms with Crippen molar-refractivity contribution in [2.75, 3.05) is 13.1 Å². The Morgan fingerprint density at radius 1 is 1.44 bits per heavy atom. The van der Waals surface area contributed by atoms with E-state index in [4.69, 9.17) is 11.6 Å². The van der Waals surface area contributed by atoms with Crippen molar-refractivity contribution in [3.63, 3.8) is 0 Å². The first-order valence-electron chi connectivity index (χ1n) is 5.88. The molecule has 3 rings (SSSR count). The zero-order valence-corrected chi connectivity index (χ0v) is 10.1. The Balaban J connectivity index is 2.31. The van der Waals surface area contributed by atoms with Gasteiger partial charge in [0.2, 0.25) is 0 Å². The fourth-order valence-corrected chi connectivity index (χ4v) is 2.99. The summed E-state index contributed by atoms with van der Waals surface area (Å²) in [5.74, 6) is 0.584. The fraction of sp³-hybridized carbons (Fsp3) is 0.385. The molecule has 0 radical (unpaired) electrons. The van der Waals surface area contributed by atoms with Gasteiger partial charge in [-0.1, -0.05) is 24.6 Å². The molecule has 1 aromatic carbocycles. The summed E-state index contributed by atoms with van der Waals surface area (Å²) in [4.78, 5) is 3.54. The summed E-state index contributed by atoms with van der Waals surface area (Å²) in [5.41, 5.74) is 4.00. The highest BCUT2D eigenvalue weighted by Crippen LogP contribution is 2.33. The number of nitrogens with one attached hydrogen (secondary N) is 1. The number of rotatable bonds is 0. The van der Waals surface area contributed by atoms with Gasteiger partial charge in [-0.15, -0.1) is 0 Å². The average molecular weight is 236 g/mol. The van der Waals surface area contributed by atoms with E-state index in [1.807, 2.05) is 12.1 Å². The van der Waals surface area contributed by atoms with Crippen molar-refractivity contribution in [2.45, 2.75) is 19.3 Å². The van der Waals surface area contributed by atoms with E-state index in [9.17, 15) is 0 Å². The summed E-state index contributed by atoms with van der Waals surface area (Å²) in [6.07, 6.45) is 1.11. The third-order valence-corrected chi connectivity index (χ3v) is 3.84. The van der Waals surface area contributed by atoms with Crippen molar-refractivity contribution in [1.82, 2.24) is 4.98 Å². The summed E-state index contributed by atoms with van der Waals surface area (Å²) in [6, 6.07) is 6.11. The number of aromatic amines is 1. The molecule has 1 aromatic heterocycles. The molecule has 16 heavy (non-hydrogen) atoms. The molecular formula is C13H16ClN2+. The maximum Gasteiger partial charge on any atom is 0.0836 e. The SMILES string of the molecule is CC1C[NH2+]CCc2c1[nH]c1cccc(Cl)c21. The van der Waals surface area contributed by atoms with Crippen LogP contribution in [-0.2, 0) is 6.42 Å². The van der Waals surface area contributed by atoms with Crippen molar-refractivity contribution < 1.29 is 5.32 Å². The summed E-state index contributed by atoms with van der Waals surface area (Å²) in [6.45, 7) is 4.61. The van der Waals surface area contributed by atoms with Crippen LogP contribution in [0.4, 0.5) is 0 Å². The zero-order valence-electron chi connectivity index (χ0n) is 9.39. The Kier molecular flexibility index (Phi) is 2.41. The van der Waals surface area contributed by atoms with E-state index in [1.165, 1.54) is 22.2 Å². The maximum atomic E-state index is 6.31. The molecule has 84 valence electrons.